The molecule has 1 aromatic rings. The van der Waals surface area contributed by atoms with Crippen molar-refractivity contribution in [3.63, 3.8) is 0 Å². The standard InChI is InChI=1S/C16H23ClN2/c1-11(18)8-13-4-7-16(15(17)9-13)19(14-5-6-14)10-12-2-3-12/h4,7,9,11-12,14H,2-3,5-6,8,10,18H2,1H3. The van der Waals surface area contributed by atoms with Gasteiger partial charge < -0.3 is 10.6 Å². The van der Waals surface area contributed by atoms with Gasteiger partial charge in [-0.25, -0.2) is 0 Å². The van der Waals surface area contributed by atoms with Crippen LogP contribution in [0.15, 0.2) is 18.2 Å². The molecule has 1 atom stereocenters. The van der Waals surface area contributed by atoms with Crippen molar-refractivity contribution in [1.82, 2.24) is 0 Å². The Labute approximate surface area is 120 Å². The van der Waals surface area contributed by atoms with Gasteiger partial charge in [0.25, 0.3) is 0 Å². The molecule has 0 radical (unpaired) electrons. The Morgan fingerprint density at radius 3 is 2.58 bits per heavy atom. The van der Waals surface area contributed by atoms with E-state index in [-0.39, 0.29) is 6.04 Å². The highest BCUT2D eigenvalue weighted by atomic mass is 35.5. The van der Waals surface area contributed by atoms with Crippen LogP contribution in [0.2, 0.25) is 5.02 Å². The van der Waals surface area contributed by atoms with Gasteiger partial charge in [-0.05, 0) is 62.6 Å². The topological polar surface area (TPSA) is 29.3 Å². The zero-order valence-corrected chi connectivity index (χ0v) is 12.4. The first kappa shape index (κ1) is 13.3. The number of anilines is 1. The molecule has 0 aromatic heterocycles. The van der Waals surface area contributed by atoms with Crippen LogP contribution in [0.5, 0.6) is 0 Å². The lowest BCUT2D eigenvalue weighted by Crippen LogP contribution is -2.28. The van der Waals surface area contributed by atoms with Gasteiger partial charge in [0.1, 0.15) is 0 Å². The maximum absolute atomic E-state index is 6.50. The predicted octanol–water partition coefficient (Wildman–Crippen LogP) is 3.61. The molecule has 19 heavy (non-hydrogen) atoms. The van der Waals surface area contributed by atoms with Gasteiger partial charge in [0.15, 0.2) is 0 Å². The van der Waals surface area contributed by atoms with Crippen molar-refractivity contribution >= 4 is 17.3 Å². The minimum absolute atomic E-state index is 0.188. The summed E-state index contributed by atoms with van der Waals surface area (Å²) in [5, 5.41) is 0.894. The molecule has 2 aliphatic carbocycles. The molecule has 0 amide bonds. The smallest absolute Gasteiger partial charge is 0.0642 e. The summed E-state index contributed by atoms with van der Waals surface area (Å²) in [5.74, 6) is 0.903. The lowest BCUT2D eigenvalue weighted by molar-refractivity contribution is 0.717. The van der Waals surface area contributed by atoms with Crippen molar-refractivity contribution in [2.45, 2.75) is 51.1 Å². The highest BCUT2D eigenvalue weighted by molar-refractivity contribution is 6.33. The van der Waals surface area contributed by atoms with Crippen LogP contribution < -0.4 is 10.6 Å². The molecule has 0 saturated heterocycles. The van der Waals surface area contributed by atoms with Gasteiger partial charge in [-0.1, -0.05) is 17.7 Å². The van der Waals surface area contributed by atoms with E-state index >= 15 is 0 Å². The first-order valence-corrected chi connectivity index (χ1v) is 7.82. The van der Waals surface area contributed by atoms with Crippen molar-refractivity contribution in [2.24, 2.45) is 11.7 Å². The van der Waals surface area contributed by atoms with Crippen LogP contribution in [0.1, 0.15) is 38.2 Å². The van der Waals surface area contributed by atoms with E-state index in [0.29, 0.717) is 0 Å². The lowest BCUT2D eigenvalue weighted by atomic mass is 10.1. The molecular weight excluding hydrogens is 256 g/mol. The fraction of sp³-hybridized carbons (Fsp3) is 0.625. The third kappa shape index (κ3) is 3.43. The zero-order valence-electron chi connectivity index (χ0n) is 11.6. The quantitative estimate of drug-likeness (QED) is 0.861. The molecule has 0 aliphatic heterocycles. The summed E-state index contributed by atoms with van der Waals surface area (Å²) in [6.07, 6.45) is 6.33. The number of rotatable bonds is 6. The monoisotopic (exact) mass is 278 g/mol. The van der Waals surface area contributed by atoms with Gasteiger partial charge in [0, 0.05) is 18.6 Å². The van der Waals surface area contributed by atoms with E-state index in [1.54, 1.807) is 0 Å². The summed E-state index contributed by atoms with van der Waals surface area (Å²) in [4.78, 5) is 2.54. The van der Waals surface area contributed by atoms with Crippen molar-refractivity contribution in [2.75, 3.05) is 11.4 Å². The molecule has 2 N–H and O–H groups in total. The summed E-state index contributed by atoms with van der Waals surface area (Å²) in [7, 11) is 0. The highest BCUT2D eigenvalue weighted by Gasteiger charge is 2.34. The van der Waals surface area contributed by atoms with E-state index in [2.05, 4.69) is 23.1 Å². The number of halogens is 1. The van der Waals surface area contributed by atoms with E-state index in [4.69, 9.17) is 17.3 Å². The van der Waals surface area contributed by atoms with Crippen LogP contribution in [0.25, 0.3) is 0 Å². The Hall–Kier alpha value is -0.730. The average molecular weight is 279 g/mol. The maximum atomic E-state index is 6.50. The first-order chi connectivity index (χ1) is 9.13. The molecule has 0 spiro atoms. The predicted molar refractivity (Wildman–Crippen MR) is 81.9 cm³/mol. The lowest BCUT2D eigenvalue weighted by Gasteiger charge is -2.26. The SMILES string of the molecule is CC(N)Cc1ccc(N(CC2CC2)C2CC2)c(Cl)c1. The van der Waals surface area contributed by atoms with Gasteiger partial charge in [-0.15, -0.1) is 0 Å². The summed E-state index contributed by atoms with van der Waals surface area (Å²) in [5.41, 5.74) is 8.32. The molecule has 2 fully saturated rings. The summed E-state index contributed by atoms with van der Waals surface area (Å²) in [6.45, 7) is 3.22. The van der Waals surface area contributed by atoms with Gasteiger partial charge >= 0.3 is 0 Å². The van der Waals surface area contributed by atoms with Crippen molar-refractivity contribution in [3.8, 4) is 0 Å². The molecule has 1 aromatic carbocycles. The fourth-order valence-electron chi connectivity index (χ4n) is 2.69. The van der Waals surface area contributed by atoms with Crippen LogP contribution >= 0.6 is 11.6 Å². The van der Waals surface area contributed by atoms with E-state index in [1.165, 1.54) is 43.5 Å². The van der Waals surface area contributed by atoms with Crippen LogP contribution in [0.4, 0.5) is 5.69 Å². The Balaban J connectivity index is 1.77. The Morgan fingerprint density at radius 1 is 1.32 bits per heavy atom. The molecule has 3 rings (SSSR count). The maximum Gasteiger partial charge on any atom is 0.0642 e. The Bertz CT molecular complexity index is 450. The molecule has 104 valence electrons. The minimum Gasteiger partial charge on any atom is -0.367 e. The molecule has 2 saturated carbocycles. The van der Waals surface area contributed by atoms with Gasteiger partial charge in [0.2, 0.25) is 0 Å². The number of hydrogen-bond donors (Lipinski definition) is 1. The number of hydrogen-bond acceptors (Lipinski definition) is 2. The second-order valence-corrected chi connectivity index (χ2v) is 6.70. The van der Waals surface area contributed by atoms with Gasteiger partial charge in [0.05, 0.1) is 10.7 Å². The zero-order chi connectivity index (χ0) is 13.4. The number of nitrogens with two attached hydrogens (primary N) is 1. The fourth-order valence-corrected chi connectivity index (χ4v) is 3.00. The second kappa shape index (κ2) is 5.34. The van der Waals surface area contributed by atoms with Crippen molar-refractivity contribution < 1.29 is 0 Å². The van der Waals surface area contributed by atoms with Crippen LogP contribution in [0.3, 0.4) is 0 Å². The molecule has 2 aliphatic rings. The van der Waals surface area contributed by atoms with Crippen molar-refractivity contribution in [1.29, 1.82) is 0 Å². The molecule has 2 nitrogen and oxygen atoms in total. The normalized spacial score (nSPS) is 20.4. The van der Waals surface area contributed by atoms with E-state index < -0.39 is 0 Å². The van der Waals surface area contributed by atoms with Crippen LogP contribution in [-0.4, -0.2) is 18.6 Å². The Kier molecular flexibility index (Phi) is 3.72. The first-order valence-electron chi connectivity index (χ1n) is 7.44. The largest absolute Gasteiger partial charge is 0.367 e. The molecule has 3 heteroatoms. The average Bonchev–Trinajstić information content (AvgIpc) is 3.21. The Morgan fingerprint density at radius 2 is 2.05 bits per heavy atom. The van der Waals surface area contributed by atoms with Gasteiger partial charge in [-0.2, -0.15) is 0 Å². The van der Waals surface area contributed by atoms with Gasteiger partial charge in [-0.3, -0.25) is 0 Å². The third-order valence-corrected chi connectivity index (χ3v) is 4.32. The second-order valence-electron chi connectivity index (χ2n) is 6.29. The van der Waals surface area contributed by atoms with Crippen LogP contribution in [0, 0.1) is 5.92 Å². The number of benzene rings is 1. The van der Waals surface area contributed by atoms with Crippen LogP contribution in [-0.2, 0) is 6.42 Å². The highest BCUT2D eigenvalue weighted by Crippen LogP contribution is 2.40. The number of nitrogens with zero attached hydrogens (tertiary/aromatic N) is 1. The molecule has 0 bridgehead atoms. The minimum atomic E-state index is 0.188. The summed E-state index contributed by atoms with van der Waals surface area (Å²) < 4.78 is 0. The van der Waals surface area contributed by atoms with Crippen molar-refractivity contribution in [3.05, 3.63) is 28.8 Å². The molecule has 1 unspecified atom stereocenters. The van der Waals surface area contributed by atoms with E-state index in [1.807, 2.05) is 6.92 Å². The third-order valence-electron chi connectivity index (χ3n) is 4.02. The molecule has 0 heterocycles. The van der Waals surface area contributed by atoms with E-state index in [9.17, 15) is 0 Å². The summed E-state index contributed by atoms with van der Waals surface area (Å²) in [6, 6.07) is 7.40. The molecular formula is C16H23ClN2. The summed E-state index contributed by atoms with van der Waals surface area (Å²) >= 11 is 6.50. The van der Waals surface area contributed by atoms with E-state index in [0.717, 1.165) is 23.4 Å².